The molecule has 174 valence electrons. The fraction of sp³-hybridized carbons (Fsp3) is 0.500. The molecule has 1 aliphatic heterocycles. The standard InChI is InChI=1S/C24H33N3O5/c1-3-4-12-21(28)26-20(14-13-18-9-6-5-7-10-18)22(29)25-17(2)23(30)27-15-8-11-19(16-27)24(31)32/h3-7,9-10,17,19-20H,8,11-16H2,1-2H3,(H,25,29)(H,26,28)(H,31,32)/b4-3+/t17-,19+,20-/m0/s1. The van der Waals surface area contributed by atoms with E-state index in [0.29, 0.717) is 32.2 Å². The van der Waals surface area contributed by atoms with Crippen LogP contribution < -0.4 is 10.6 Å². The first-order valence-corrected chi connectivity index (χ1v) is 11.1. The van der Waals surface area contributed by atoms with Crippen molar-refractivity contribution in [2.24, 2.45) is 5.92 Å². The van der Waals surface area contributed by atoms with Crippen molar-refractivity contribution in [3.05, 3.63) is 48.0 Å². The number of likely N-dealkylation sites (tertiary alicyclic amines) is 1. The number of hydrogen-bond donors (Lipinski definition) is 3. The number of nitrogens with zero attached hydrogens (tertiary/aromatic N) is 1. The number of aryl methyl sites for hydroxylation is 1. The van der Waals surface area contributed by atoms with Crippen molar-refractivity contribution >= 4 is 23.7 Å². The highest BCUT2D eigenvalue weighted by atomic mass is 16.4. The Labute approximate surface area is 189 Å². The van der Waals surface area contributed by atoms with Crippen LogP contribution in [0.25, 0.3) is 0 Å². The average Bonchev–Trinajstić information content (AvgIpc) is 2.80. The highest BCUT2D eigenvalue weighted by molar-refractivity contribution is 5.92. The predicted octanol–water partition coefficient (Wildman–Crippen LogP) is 1.90. The smallest absolute Gasteiger partial charge is 0.308 e. The normalized spacial score (nSPS) is 18.1. The number of allylic oxidation sites excluding steroid dienone is 1. The first-order chi connectivity index (χ1) is 15.3. The van der Waals surface area contributed by atoms with Gasteiger partial charge in [0.2, 0.25) is 17.7 Å². The number of nitrogens with one attached hydrogen (secondary N) is 2. The summed E-state index contributed by atoms with van der Waals surface area (Å²) in [6.45, 7) is 4.02. The zero-order chi connectivity index (χ0) is 23.5. The Morgan fingerprint density at radius 2 is 1.91 bits per heavy atom. The molecule has 8 heteroatoms. The number of aliphatic carboxylic acids is 1. The van der Waals surface area contributed by atoms with Crippen LogP contribution in [0.1, 0.15) is 45.1 Å². The lowest BCUT2D eigenvalue weighted by Crippen LogP contribution is -2.55. The van der Waals surface area contributed by atoms with Gasteiger partial charge < -0.3 is 20.6 Å². The van der Waals surface area contributed by atoms with E-state index < -0.39 is 29.9 Å². The molecule has 1 aromatic rings. The molecule has 8 nitrogen and oxygen atoms in total. The molecule has 3 N–H and O–H groups in total. The van der Waals surface area contributed by atoms with E-state index in [1.165, 1.54) is 4.90 Å². The lowest BCUT2D eigenvalue weighted by Gasteiger charge is -2.33. The Morgan fingerprint density at radius 3 is 2.56 bits per heavy atom. The van der Waals surface area contributed by atoms with Crippen LogP contribution in [-0.4, -0.2) is 58.9 Å². The summed E-state index contributed by atoms with van der Waals surface area (Å²) >= 11 is 0. The molecule has 0 bridgehead atoms. The third-order valence-electron chi connectivity index (χ3n) is 5.57. The maximum atomic E-state index is 12.9. The third-order valence-corrected chi connectivity index (χ3v) is 5.57. The summed E-state index contributed by atoms with van der Waals surface area (Å²) in [5.74, 6) is -2.51. The topological polar surface area (TPSA) is 116 Å². The van der Waals surface area contributed by atoms with Gasteiger partial charge in [0.05, 0.1) is 5.92 Å². The summed E-state index contributed by atoms with van der Waals surface area (Å²) in [5, 5.41) is 14.7. The minimum absolute atomic E-state index is 0.145. The van der Waals surface area contributed by atoms with E-state index in [-0.39, 0.29) is 24.8 Å². The Hall–Kier alpha value is -3.16. The van der Waals surface area contributed by atoms with E-state index in [1.54, 1.807) is 19.1 Å². The minimum atomic E-state index is -0.913. The predicted molar refractivity (Wildman–Crippen MR) is 121 cm³/mol. The van der Waals surface area contributed by atoms with Gasteiger partial charge in [0.25, 0.3) is 0 Å². The second kappa shape index (κ2) is 12.6. The molecule has 0 radical (unpaired) electrons. The van der Waals surface area contributed by atoms with Crippen molar-refractivity contribution < 1.29 is 24.3 Å². The molecule has 0 aliphatic carbocycles. The molecule has 3 amide bonds. The minimum Gasteiger partial charge on any atom is -0.481 e. The van der Waals surface area contributed by atoms with E-state index in [4.69, 9.17) is 0 Å². The van der Waals surface area contributed by atoms with E-state index in [0.717, 1.165) is 5.56 Å². The van der Waals surface area contributed by atoms with Crippen molar-refractivity contribution in [2.75, 3.05) is 13.1 Å². The van der Waals surface area contributed by atoms with Crippen LogP contribution in [0.15, 0.2) is 42.5 Å². The number of rotatable bonds is 10. The molecule has 1 fully saturated rings. The van der Waals surface area contributed by atoms with Crippen LogP contribution in [0.3, 0.4) is 0 Å². The lowest BCUT2D eigenvalue weighted by atomic mass is 9.97. The Morgan fingerprint density at radius 1 is 1.19 bits per heavy atom. The van der Waals surface area contributed by atoms with Gasteiger partial charge in [-0.1, -0.05) is 42.5 Å². The summed E-state index contributed by atoms with van der Waals surface area (Å²) in [5.41, 5.74) is 1.05. The first-order valence-electron chi connectivity index (χ1n) is 11.1. The van der Waals surface area contributed by atoms with Crippen molar-refractivity contribution in [2.45, 2.75) is 58.0 Å². The summed E-state index contributed by atoms with van der Waals surface area (Å²) in [6.07, 6.45) is 5.79. The molecular weight excluding hydrogens is 410 g/mol. The average molecular weight is 444 g/mol. The first kappa shape index (κ1) is 25.1. The number of carbonyl (C=O) groups excluding carboxylic acids is 3. The molecule has 0 unspecified atom stereocenters. The molecule has 1 heterocycles. The largest absolute Gasteiger partial charge is 0.481 e. The van der Waals surface area contributed by atoms with E-state index in [9.17, 15) is 24.3 Å². The molecule has 32 heavy (non-hydrogen) atoms. The van der Waals surface area contributed by atoms with Gasteiger partial charge in [0.1, 0.15) is 12.1 Å². The maximum absolute atomic E-state index is 12.9. The lowest BCUT2D eigenvalue weighted by molar-refractivity contribution is -0.146. The van der Waals surface area contributed by atoms with Gasteiger partial charge in [-0.05, 0) is 45.1 Å². The van der Waals surface area contributed by atoms with Crippen LogP contribution in [0.5, 0.6) is 0 Å². The second-order valence-corrected chi connectivity index (χ2v) is 8.11. The number of hydrogen-bond acceptors (Lipinski definition) is 4. The SMILES string of the molecule is C/C=C/CC(=O)N[C@@H](CCc1ccccc1)C(=O)N[C@@H](C)C(=O)N1CCC[C@@H](C(=O)O)C1. The van der Waals surface area contributed by atoms with Crippen LogP contribution in [0, 0.1) is 5.92 Å². The van der Waals surface area contributed by atoms with Gasteiger partial charge in [-0.3, -0.25) is 19.2 Å². The monoisotopic (exact) mass is 443 g/mol. The third kappa shape index (κ3) is 7.83. The molecule has 2 rings (SSSR count). The van der Waals surface area contributed by atoms with Crippen LogP contribution in [-0.2, 0) is 25.6 Å². The van der Waals surface area contributed by atoms with E-state index in [2.05, 4.69) is 10.6 Å². The summed E-state index contributed by atoms with van der Waals surface area (Å²) < 4.78 is 0. The van der Waals surface area contributed by atoms with Crippen LogP contribution in [0.4, 0.5) is 0 Å². The zero-order valence-corrected chi connectivity index (χ0v) is 18.8. The van der Waals surface area contributed by atoms with Gasteiger partial charge in [0.15, 0.2) is 0 Å². The van der Waals surface area contributed by atoms with Gasteiger partial charge in [-0.25, -0.2) is 0 Å². The second-order valence-electron chi connectivity index (χ2n) is 8.11. The molecule has 0 saturated carbocycles. The number of carbonyl (C=O) groups is 4. The number of carboxylic acid groups (broad SMARTS) is 1. The van der Waals surface area contributed by atoms with E-state index in [1.807, 2.05) is 37.3 Å². The summed E-state index contributed by atoms with van der Waals surface area (Å²) in [6, 6.07) is 8.06. The Balaban J connectivity index is 2.00. The molecular formula is C24H33N3O5. The van der Waals surface area contributed by atoms with Crippen molar-refractivity contribution in [1.82, 2.24) is 15.5 Å². The van der Waals surface area contributed by atoms with Crippen LogP contribution >= 0.6 is 0 Å². The summed E-state index contributed by atoms with van der Waals surface area (Å²) in [7, 11) is 0. The number of benzene rings is 1. The maximum Gasteiger partial charge on any atom is 0.308 e. The highest BCUT2D eigenvalue weighted by Gasteiger charge is 2.31. The van der Waals surface area contributed by atoms with Crippen molar-refractivity contribution in [3.8, 4) is 0 Å². The molecule has 1 saturated heterocycles. The number of carboxylic acids is 1. The van der Waals surface area contributed by atoms with Gasteiger partial charge in [-0.2, -0.15) is 0 Å². The van der Waals surface area contributed by atoms with Gasteiger partial charge in [-0.15, -0.1) is 0 Å². The number of amides is 3. The summed E-state index contributed by atoms with van der Waals surface area (Å²) in [4.78, 5) is 50.7. The Bertz CT molecular complexity index is 824. The quantitative estimate of drug-likeness (QED) is 0.478. The fourth-order valence-corrected chi connectivity index (χ4v) is 3.73. The highest BCUT2D eigenvalue weighted by Crippen LogP contribution is 2.17. The Kier molecular flexibility index (Phi) is 9.91. The fourth-order valence-electron chi connectivity index (χ4n) is 3.73. The molecule has 1 aliphatic rings. The molecule has 0 aromatic heterocycles. The molecule has 0 spiro atoms. The number of piperidine rings is 1. The van der Waals surface area contributed by atoms with Gasteiger partial charge in [0, 0.05) is 19.5 Å². The molecule has 1 aromatic carbocycles. The van der Waals surface area contributed by atoms with Crippen molar-refractivity contribution in [3.63, 3.8) is 0 Å². The zero-order valence-electron chi connectivity index (χ0n) is 18.8. The van der Waals surface area contributed by atoms with Gasteiger partial charge >= 0.3 is 5.97 Å². The molecule has 3 atom stereocenters. The van der Waals surface area contributed by atoms with Crippen LogP contribution in [0.2, 0.25) is 0 Å². The van der Waals surface area contributed by atoms with Crippen molar-refractivity contribution in [1.29, 1.82) is 0 Å². The van der Waals surface area contributed by atoms with E-state index >= 15 is 0 Å².